The van der Waals surface area contributed by atoms with Crippen molar-refractivity contribution >= 4 is 17.5 Å². The molecule has 0 saturated carbocycles. The topological polar surface area (TPSA) is 91.6 Å². The molecular weight excluding hydrogens is 236 g/mol. The monoisotopic (exact) mass is 246 g/mol. The summed E-state index contributed by atoms with van der Waals surface area (Å²) in [6, 6.07) is 0.103. The van der Waals surface area contributed by atoms with Crippen molar-refractivity contribution in [3.8, 4) is 6.01 Å². The highest BCUT2D eigenvalue weighted by Gasteiger charge is 2.31. The Bertz CT molecular complexity index is 382. The van der Waals surface area contributed by atoms with E-state index in [0.717, 1.165) is 0 Å². The summed E-state index contributed by atoms with van der Waals surface area (Å²) in [5, 5.41) is 18.8. The summed E-state index contributed by atoms with van der Waals surface area (Å²) >= 11 is 5.69. The number of nitrogens with zero attached hydrogens (tertiary/aromatic N) is 4. The molecule has 2 rings (SSSR count). The van der Waals surface area contributed by atoms with Crippen molar-refractivity contribution in [1.82, 2.24) is 15.0 Å². The molecule has 88 valence electrons. The van der Waals surface area contributed by atoms with Crippen molar-refractivity contribution in [2.24, 2.45) is 0 Å². The molecule has 1 aliphatic rings. The highest BCUT2D eigenvalue weighted by atomic mass is 35.5. The summed E-state index contributed by atoms with van der Waals surface area (Å²) in [6.45, 7) is 0.509. The Morgan fingerprint density at radius 1 is 1.25 bits per heavy atom. The molecule has 0 spiro atoms. The van der Waals surface area contributed by atoms with Crippen LogP contribution in [0.3, 0.4) is 0 Å². The molecule has 0 aliphatic carbocycles. The van der Waals surface area contributed by atoms with Crippen LogP contribution in [0.2, 0.25) is 5.28 Å². The van der Waals surface area contributed by atoms with Crippen molar-refractivity contribution in [3.05, 3.63) is 5.28 Å². The van der Waals surface area contributed by atoms with Crippen molar-refractivity contribution < 1.29 is 14.9 Å². The lowest BCUT2D eigenvalue weighted by molar-refractivity contribution is 0.0572. The SMILES string of the molecule is COc1nc(Cl)nc(N2CC(O)C(O)C2)n1. The van der Waals surface area contributed by atoms with Gasteiger partial charge in [-0.05, 0) is 11.6 Å². The number of β-amino-alcohol motifs (C(OH)–C–C–N with tert-alkyl or cyclic N) is 2. The first kappa shape index (κ1) is 11.3. The minimum Gasteiger partial charge on any atom is -0.467 e. The number of methoxy groups -OCH3 is 1. The fourth-order valence-corrected chi connectivity index (χ4v) is 1.64. The molecule has 0 aromatic carbocycles. The first-order valence-corrected chi connectivity index (χ1v) is 5.04. The number of halogens is 1. The van der Waals surface area contributed by atoms with Gasteiger partial charge in [-0.1, -0.05) is 0 Å². The number of aliphatic hydroxyl groups is 2. The fraction of sp³-hybridized carbons (Fsp3) is 0.625. The summed E-state index contributed by atoms with van der Waals surface area (Å²) in [5.74, 6) is 0.285. The largest absolute Gasteiger partial charge is 0.467 e. The molecule has 2 N–H and O–H groups in total. The summed E-state index contributed by atoms with van der Waals surface area (Å²) < 4.78 is 4.85. The number of rotatable bonds is 2. The maximum atomic E-state index is 9.40. The van der Waals surface area contributed by atoms with Crippen molar-refractivity contribution in [2.45, 2.75) is 12.2 Å². The molecule has 0 amide bonds. The van der Waals surface area contributed by atoms with Crippen molar-refractivity contribution in [2.75, 3.05) is 25.1 Å². The third-order valence-corrected chi connectivity index (χ3v) is 2.47. The molecule has 8 heteroatoms. The van der Waals surface area contributed by atoms with E-state index < -0.39 is 12.2 Å². The Labute approximate surface area is 96.7 Å². The van der Waals surface area contributed by atoms with Crippen LogP contribution in [0.1, 0.15) is 0 Å². The third-order valence-electron chi connectivity index (χ3n) is 2.30. The first-order valence-electron chi connectivity index (χ1n) is 4.67. The Morgan fingerprint density at radius 3 is 2.44 bits per heavy atom. The smallest absolute Gasteiger partial charge is 0.322 e. The first-order chi connectivity index (χ1) is 7.60. The average molecular weight is 247 g/mol. The third kappa shape index (κ3) is 2.16. The number of ether oxygens (including phenoxy) is 1. The minimum absolute atomic E-state index is 0.0118. The van der Waals surface area contributed by atoms with Crippen LogP contribution in [0.25, 0.3) is 0 Å². The molecule has 0 radical (unpaired) electrons. The maximum Gasteiger partial charge on any atom is 0.322 e. The molecule has 1 aromatic rings. The van der Waals surface area contributed by atoms with Gasteiger partial charge in [-0.25, -0.2) is 0 Å². The van der Waals surface area contributed by atoms with Crippen LogP contribution in [0.4, 0.5) is 5.95 Å². The van der Waals surface area contributed by atoms with E-state index in [9.17, 15) is 10.2 Å². The standard InChI is InChI=1S/C8H11ClN4O3/c1-16-8-11-6(9)10-7(12-8)13-2-4(14)5(15)3-13/h4-5,14-15H,2-3H2,1H3. The van der Waals surface area contributed by atoms with Gasteiger partial charge in [0.1, 0.15) is 0 Å². The van der Waals surface area contributed by atoms with Gasteiger partial charge in [0.05, 0.1) is 19.3 Å². The lowest BCUT2D eigenvalue weighted by atomic mass is 10.3. The van der Waals surface area contributed by atoms with E-state index in [1.165, 1.54) is 7.11 Å². The Hall–Kier alpha value is -1.18. The van der Waals surface area contributed by atoms with Crippen molar-refractivity contribution in [3.63, 3.8) is 0 Å². The molecular formula is C8H11ClN4O3. The summed E-state index contributed by atoms with van der Waals surface area (Å²) in [4.78, 5) is 13.2. The van der Waals surface area contributed by atoms with Crippen LogP contribution in [0, 0.1) is 0 Å². The molecule has 1 saturated heterocycles. The maximum absolute atomic E-state index is 9.40. The van der Waals surface area contributed by atoms with E-state index in [1.807, 2.05) is 0 Å². The van der Waals surface area contributed by atoms with Crippen LogP contribution in [-0.2, 0) is 0 Å². The van der Waals surface area contributed by atoms with E-state index in [4.69, 9.17) is 16.3 Å². The normalized spacial score (nSPS) is 24.9. The molecule has 2 heterocycles. The van der Waals surface area contributed by atoms with Crippen LogP contribution in [0.15, 0.2) is 0 Å². The zero-order valence-corrected chi connectivity index (χ0v) is 9.29. The molecule has 7 nitrogen and oxygen atoms in total. The van der Waals surface area contributed by atoms with Gasteiger partial charge in [0.15, 0.2) is 0 Å². The molecule has 0 bridgehead atoms. The van der Waals surface area contributed by atoms with Gasteiger partial charge >= 0.3 is 6.01 Å². The molecule has 16 heavy (non-hydrogen) atoms. The number of aromatic nitrogens is 3. The predicted molar refractivity (Wildman–Crippen MR) is 55.6 cm³/mol. The molecule has 2 unspecified atom stereocenters. The molecule has 2 atom stereocenters. The summed E-state index contributed by atoms with van der Waals surface area (Å²) in [5.41, 5.74) is 0. The summed E-state index contributed by atoms with van der Waals surface area (Å²) in [7, 11) is 1.42. The van der Waals surface area contributed by atoms with Crippen LogP contribution >= 0.6 is 11.6 Å². The minimum atomic E-state index is -0.804. The fourth-order valence-electron chi connectivity index (χ4n) is 1.49. The second kappa shape index (κ2) is 4.36. The summed E-state index contributed by atoms with van der Waals surface area (Å²) in [6.07, 6.45) is -1.61. The quantitative estimate of drug-likeness (QED) is 0.697. The molecule has 1 aliphatic heterocycles. The highest BCUT2D eigenvalue weighted by molar-refractivity contribution is 6.28. The van der Waals surface area contributed by atoms with Gasteiger partial charge < -0.3 is 19.8 Å². The van der Waals surface area contributed by atoms with Gasteiger partial charge in [0.2, 0.25) is 11.2 Å². The average Bonchev–Trinajstić information content (AvgIpc) is 2.58. The van der Waals surface area contributed by atoms with Gasteiger partial charge in [-0.2, -0.15) is 15.0 Å². The second-order valence-corrected chi connectivity index (χ2v) is 3.77. The predicted octanol–water partition coefficient (Wildman–Crippen LogP) is -0.925. The van der Waals surface area contributed by atoms with Crippen LogP contribution in [0.5, 0.6) is 6.01 Å². The van der Waals surface area contributed by atoms with Gasteiger partial charge in [-0.3, -0.25) is 0 Å². The Kier molecular flexibility index (Phi) is 3.08. The van der Waals surface area contributed by atoms with E-state index in [1.54, 1.807) is 4.90 Å². The Balaban J connectivity index is 2.24. The number of anilines is 1. The zero-order valence-electron chi connectivity index (χ0n) is 8.54. The van der Waals surface area contributed by atoms with Crippen LogP contribution in [-0.4, -0.2) is 57.6 Å². The van der Waals surface area contributed by atoms with E-state index >= 15 is 0 Å². The lowest BCUT2D eigenvalue weighted by Crippen LogP contribution is -2.23. The molecule has 1 fully saturated rings. The van der Waals surface area contributed by atoms with E-state index in [0.29, 0.717) is 0 Å². The van der Waals surface area contributed by atoms with Gasteiger partial charge in [0.25, 0.3) is 0 Å². The van der Waals surface area contributed by atoms with Gasteiger partial charge in [0, 0.05) is 13.1 Å². The van der Waals surface area contributed by atoms with E-state index in [-0.39, 0.29) is 30.3 Å². The number of aliphatic hydroxyl groups excluding tert-OH is 2. The second-order valence-electron chi connectivity index (χ2n) is 3.43. The Morgan fingerprint density at radius 2 is 1.88 bits per heavy atom. The van der Waals surface area contributed by atoms with Crippen molar-refractivity contribution in [1.29, 1.82) is 0 Å². The number of hydrogen-bond donors (Lipinski definition) is 2. The van der Waals surface area contributed by atoms with E-state index in [2.05, 4.69) is 15.0 Å². The zero-order chi connectivity index (χ0) is 11.7. The number of hydrogen-bond acceptors (Lipinski definition) is 7. The highest BCUT2D eigenvalue weighted by Crippen LogP contribution is 2.19. The lowest BCUT2D eigenvalue weighted by Gasteiger charge is -2.14. The molecule has 1 aromatic heterocycles. The van der Waals surface area contributed by atoms with Crippen LogP contribution < -0.4 is 9.64 Å². The van der Waals surface area contributed by atoms with Gasteiger partial charge in [-0.15, -0.1) is 0 Å².